The minimum absolute atomic E-state index is 0.218. The molecule has 0 unspecified atom stereocenters. The number of oxime groups is 1. The molecule has 0 aromatic heterocycles. The van der Waals surface area contributed by atoms with Gasteiger partial charge in [-0.2, -0.15) is 0 Å². The Labute approximate surface area is 165 Å². The molecule has 0 atom stereocenters. The van der Waals surface area contributed by atoms with Gasteiger partial charge in [-0.25, -0.2) is 4.79 Å². The fourth-order valence-electron chi connectivity index (χ4n) is 3.14. The van der Waals surface area contributed by atoms with Crippen molar-refractivity contribution in [3.8, 4) is 0 Å². The number of fused-ring (bicyclic) bond motifs is 1. The Morgan fingerprint density at radius 3 is 2.61 bits per heavy atom. The lowest BCUT2D eigenvalue weighted by atomic mass is 10.0. The van der Waals surface area contributed by atoms with E-state index >= 15 is 0 Å². The molecule has 0 bridgehead atoms. The molecule has 0 aliphatic carbocycles. The van der Waals surface area contributed by atoms with Crippen LogP contribution in [-0.4, -0.2) is 42.4 Å². The highest BCUT2D eigenvalue weighted by atomic mass is 16.7. The normalized spacial score (nSPS) is 22.9. The zero-order valence-electron chi connectivity index (χ0n) is 16.4. The molecule has 2 aromatic rings. The molecule has 6 heteroatoms. The largest absolute Gasteiger partial charge is 0.477 e. The van der Waals surface area contributed by atoms with Gasteiger partial charge < -0.3 is 19.4 Å². The lowest BCUT2D eigenvalue weighted by molar-refractivity contribution is -0.271. The summed E-state index contributed by atoms with van der Waals surface area (Å²) in [4.78, 5) is 16.5. The number of rotatable bonds is 8. The third-order valence-electron chi connectivity index (χ3n) is 5.04. The molecule has 0 spiro atoms. The quantitative estimate of drug-likeness (QED) is 0.418. The van der Waals surface area contributed by atoms with Crippen LogP contribution in [0.1, 0.15) is 38.7 Å². The molecule has 1 aliphatic heterocycles. The number of hydrogen-bond acceptors (Lipinski definition) is 5. The second kappa shape index (κ2) is 9.17. The fraction of sp³-hybridized carbons (Fsp3) is 0.455. The first-order chi connectivity index (χ1) is 13.5. The molecule has 1 heterocycles. The molecular formula is C22H27NO5. The van der Waals surface area contributed by atoms with E-state index in [1.165, 1.54) is 17.7 Å². The first-order valence-electron chi connectivity index (χ1n) is 9.65. The molecule has 1 fully saturated rings. The maximum absolute atomic E-state index is 11.1. The van der Waals surface area contributed by atoms with Gasteiger partial charge in [0.05, 0.1) is 18.9 Å². The van der Waals surface area contributed by atoms with E-state index in [0.29, 0.717) is 19.8 Å². The van der Waals surface area contributed by atoms with Crippen LogP contribution in [0.5, 0.6) is 0 Å². The van der Waals surface area contributed by atoms with Gasteiger partial charge >= 0.3 is 5.97 Å². The Kier molecular flexibility index (Phi) is 6.65. The van der Waals surface area contributed by atoms with Crippen LogP contribution in [0.4, 0.5) is 0 Å². The van der Waals surface area contributed by atoms with Crippen molar-refractivity contribution in [2.45, 2.75) is 38.9 Å². The van der Waals surface area contributed by atoms with Gasteiger partial charge in [0.25, 0.3) is 5.79 Å². The SMILES string of the molecule is CC(=NOCCCCC1COC(C)(C(=O)O)OC1)c1ccc2ccccc2c1. The second-order valence-corrected chi connectivity index (χ2v) is 7.31. The highest BCUT2D eigenvalue weighted by Gasteiger charge is 2.40. The van der Waals surface area contributed by atoms with Gasteiger partial charge in [0.15, 0.2) is 0 Å². The number of ether oxygens (including phenoxy) is 2. The Morgan fingerprint density at radius 2 is 1.89 bits per heavy atom. The van der Waals surface area contributed by atoms with E-state index in [2.05, 4.69) is 35.5 Å². The number of unbranched alkanes of at least 4 members (excludes halogenated alkanes) is 1. The standard InChI is InChI=1S/C22H27NO5/c1-16(19-11-10-18-8-3-4-9-20(18)13-19)23-28-12-6-5-7-17-14-26-22(2,21(24)25)27-15-17/h3-4,8-11,13,17H,5-7,12,14-15H2,1-2H3,(H,24,25). The van der Waals surface area contributed by atoms with Crippen LogP contribution in [-0.2, 0) is 19.1 Å². The molecule has 6 nitrogen and oxygen atoms in total. The molecule has 150 valence electrons. The summed E-state index contributed by atoms with van der Waals surface area (Å²) in [6, 6.07) is 14.5. The summed E-state index contributed by atoms with van der Waals surface area (Å²) in [6.07, 6.45) is 2.74. The molecule has 2 aromatic carbocycles. The van der Waals surface area contributed by atoms with Crippen LogP contribution >= 0.6 is 0 Å². The van der Waals surface area contributed by atoms with E-state index in [0.717, 1.165) is 30.5 Å². The topological polar surface area (TPSA) is 77.4 Å². The third kappa shape index (κ3) is 5.09. The molecule has 0 radical (unpaired) electrons. The van der Waals surface area contributed by atoms with Crippen molar-refractivity contribution < 1.29 is 24.2 Å². The second-order valence-electron chi connectivity index (χ2n) is 7.31. The summed E-state index contributed by atoms with van der Waals surface area (Å²) in [6.45, 7) is 4.74. The molecule has 1 saturated heterocycles. The maximum atomic E-state index is 11.1. The Balaban J connectivity index is 1.36. The van der Waals surface area contributed by atoms with Crippen LogP contribution < -0.4 is 0 Å². The van der Waals surface area contributed by atoms with Crippen LogP contribution in [0.3, 0.4) is 0 Å². The molecule has 3 rings (SSSR count). The van der Waals surface area contributed by atoms with Gasteiger partial charge in [-0.05, 0) is 48.6 Å². The zero-order chi connectivity index (χ0) is 20.0. The molecule has 28 heavy (non-hydrogen) atoms. The highest BCUT2D eigenvalue weighted by Crippen LogP contribution is 2.24. The molecule has 0 saturated carbocycles. The van der Waals surface area contributed by atoms with E-state index in [4.69, 9.17) is 19.4 Å². The van der Waals surface area contributed by atoms with Crippen molar-refractivity contribution in [3.05, 3.63) is 48.0 Å². The Bertz CT molecular complexity index is 840. The molecular weight excluding hydrogens is 358 g/mol. The first-order valence-corrected chi connectivity index (χ1v) is 9.65. The average Bonchev–Trinajstić information content (AvgIpc) is 2.71. The lowest BCUT2D eigenvalue weighted by Gasteiger charge is -2.34. The van der Waals surface area contributed by atoms with Crippen LogP contribution in [0, 0.1) is 5.92 Å². The summed E-state index contributed by atoms with van der Waals surface area (Å²) >= 11 is 0. The van der Waals surface area contributed by atoms with E-state index in [9.17, 15) is 4.79 Å². The van der Waals surface area contributed by atoms with Gasteiger partial charge in [-0.1, -0.05) is 41.6 Å². The van der Waals surface area contributed by atoms with E-state index in [1.54, 1.807) is 0 Å². The predicted octanol–water partition coefficient (Wildman–Crippen LogP) is 4.21. The summed E-state index contributed by atoms with van der Waals surface area (Å²) < 4.78 is 10.7. The minimum Gasteiger partial charge on any atom is -0.477 e. The third-order valence-corrected chi connectivity index (χ3v) is 5.04. The van der Waals surface area contributed by atoms with E-state index in [1.807, 2.05) is 19.1 Å². The van der Waals surface area contributed by atoms with Gasteiger partial charge in [-0.15, -0.1) is 0 Å². The van der Waals surface area contributed by atoms with E-state index < -0.39 is 11.8 Å². The van der Waals surface area contributed by atoms with Gasteiger partial charge in [0.1, 0.15) is 6.61 Å². The Hall–Kier alpha value is -2.44. The van der Waals surface area contributed by atoms with Crippen molar-refractivity contribution in [2.75, 3.05) is 19.8 Å². The van der Waals surface area contributed by atoms with Crippen molar-refractivity contribution in [1.82, 2.24) is 0 Å². The number of carboxylic acid groups (broad SMARTS) is 1. The maximum Gasteiger partial charge on any atom is 0.364 e. The Morgan fingerprint density at radius 1 is 1.18 bits per heavy atom. The predicted molar refractivity (Wildman–Crippen MR) is 107 cm³/mol. The highest BCUT2D eigenvalue weighted by molar-refractivity contribution is 6.01. The van der Waals surface area contributed by atoms with Crippen LogP contribution in [0.15, 0.2) is 47.6 Å². The molecule has 0 amide bonds. The number of carbonyl (C=O) groups is 1. The summed E-state index contributed by atoms with van der Waals surface area (Å²) in [5.74, 6) is -2.37. The number of benzene rings is 2. The monoisotopic (exact) mass is 385 g/mol. The van der Waals surface area contributed by atoms with Crippen molar-refractivity contribution in [1.29, 1.82) is 0 Å². The zero-order valence-corrected chi connectivity index (χ0v) is 16.4. The van der Waals surface area contributed by atoms with E-state index in [-0.39, 0.29) is 5.92 Å². The van der Waals surface area contributed by atoms with Crippen LogP contribution in [0.25, 0.3) is 10.8 Å². The number of carboxylic acids is 1. The minimum atomic E-state index is -1.51. The lowest BCUT2D eigenvalue weighted by Crippen LogP contribution is -2.47. The first kappa shape index (κ1) is 20.3. The van der Waals surface area contributed by atoms with Gasteiger partial charge in [0, 0.05) is 12.8 Å². The van der Waals surface area contributed by atoms with Crippen molar-refractivity contribution >= 4 is 22.5 Å². The summed E-state index contributed by atoms with van der Waals surface area (Å²) in [7, 11) is 0. The average molecular weight is 385 g/mol. The van der Waals surface area contributed by atoms with Crippen molar-refractivity contribution in [2.24, 2.45) is 11.1 Å². The van der Waals surface area contributed by atoms with Crippen molar-refractivity contribution in [3.63, 3.8) is 0 Å². The molecule has 1 aliphatic rings. The van der Waals surface area contributed by atoms with Gasteiger partial charge in [-0.3, -0.25) is 0 Å². The number of hydrogen-bond donors (Lipinski definition) is 1. The summed E-state index contributed by atoms with van der Waals surface area (Å²) in [5, 5.41) is 15.7. The van der Waals surface area contributed by atoms with Crippen LogP contribution in [0.2, 0.25) is 0 Å². The number of nitrogens with zero attached hydrogens (tertiary/aromatic N) is 1. The summed E-state index contributed by atoms with van der Waals surface area (Å²) in [5.41, 5.74) is 1.91. The van der Waals surface area contributed by atoms with Gasteiger partial charge in [0.2, 0.25) is 0 Å². The number of aliphatic carboxylic acids is 1. The smallest absolute Gasteiger partial charge is 0.364 e. The molecule has 1 N–H and O–H groups in total. The fourth-order valence-corrected chi connectivity index (χ4v) is 3.14.